The van der Waals surface area contributed by atoms with Gasteiger partial charge in [-0.2, -0.15) is 0 Å². The molecule has 2 aromatic rings. The summed E-state index contributed by atoms with van der Waals surface area (Å²) in [7, 11) is 0. The van der Waals surface area contributed by atoms with Crippen LogP contribution in [0.25, 0.3) is 16.9 Å². The number of unbranched alkanes of at least 4 members (excludes halogenated alkanes) is 4. The van der Waals surface area contributed by atoms with Crippen molar-refractivity contribution in [1.82, 2.24) is 0 Å². The maximum atomic E-state index is 11.2. The van der Waals surface area contributed by atoms with Gasteiger partial charge in [0.05, 0.1) is 0 Å². The third kappa shape index (κ3) is 6.03. The molecule has 0 bridgehead atoms. The van der Waals surface area contributed by atoms with Crippen LogP contribution in [0.5, 0.6) is 0 Å². The van der Waals surface area contributed by atoms with Crippen molar-refractivity contribution in [3.05, 3.63) is 88.0 Å². The second kappa shape index (κ2) is 11.8. The minimum atomic E-state index is 0.895. The summed E-state index contributed by atoms with van der Waals surface area (Å²) in [6.45, 7) is 6.69. The molecule has 2 nitrogen and oxygen atoms in total. The van der Waals surface area contributed by atoms with Gasteiger partial charge in [0.25, 0.3) is 0 Å². The molecule has 0 amide bonds. The molecule has 3 rings (SSSR count). The molecule has 0 spiro atoms. The fourth-order valence-corrected chi connectivity index (χ4v) is 4.30. The third-order valence-electron chi connectivity index (χ3n) is 6.19. The molecule has 31 heavy (non-hydrogen) atoms. The Kier molecular flexibility index (Phi) is 8.82. The first-order valence-electron chi connectivity index (χ1n) is 12.3. The van der Waals surface area contributed by atoms with Gasteiger partial charge in [-0.15, -0.1) is 0 Å². The van der Waals surface area contributed by atoms with Crippen molar-refractivity contribution in [2.45, 2.75) is 85.0 Å². The summed E-state index contributed by atoms with van der Waals surface area (Å²) in [5.74, 6) is 0. The molecule has 2 heteroatoms. The number of benzene rings is 2. The van der Waals surface area contributed by atoms with Crippen molar-refractivity contribution in [2.75, 3.05) is 0 Å². The summed E-state index contributed by atoms with van der Waals surface area (Å²) < 4.78 is 1.43. The summed E-state index contributed by atoms with van der Waals surface area (Å²) >= 11 is 0. The molecule has 0 aliphatic carbocycles. The highest BCUT2D eigenvalue weighted by molar-refractivity contribution is 5.78. The van der Waals surface area contributed by atoms with Gasteiger partial charge in [0.2, 0.25) is 11.4 Å². The second-order valence-electron chi connectivity index (χ2n) is 8.78. The van der Waals surface area contributed by atoms with Crippen LogP contribution in [0.4, 0.5) is 0 Å². The average Bonchev–Trinajstić information content (AvgIpc) is 3.13. The van der Waals surface area contributed by atoms with E-state index in [1.165, 1.54) is 53.5 Å². The lowest BCUT2D eigenvalue weighted by atomic mass is 10.0. The molecule has 1 aliphatic rings. The van der Waals surface area contributed by atoms with Gasteiger partial charge in [0, 0.05) is 22.8 Å². The molecule has 0 saturated heterocycles. The van der Waals surface area contributed by atoms with E-state index in [0.29, 0.717) is 0 Å². The largest absolute Gasteiger partial charge is 0.493 e. The van der Waals surface area contributed by atoms with Crippen LogP contribution in [0, 0.1) is 0 Å². The standard InChI is InChI=1S/C29H38N2/c1-4-7-10-13-23-17-19-25(20-18-23)29-27(15-9-6-3)22-28(31(29)30)26-16-11-14-24(21-26)12-8-5-2/h11,14,16-22H,4-10,12-13,15H2,1-3H3. The van der Waals surface area contributed by atoms with Crippen molar-refractivity contribution in [3.8, 4) is 0 Å². The zero-order valence-corrected chi connectivity index (χ0v) is 19.7. The van der Waals surface area contributed by atoms with Gasteiger partial charge in [-0.05, 0) is 73.9 Å². The zero-order valence-electron chi connectivity index (χ0n) is 19.7. The quantitative estimate of drug-likeness (QED) is 0.245. The highest BCUT2D eigenvalue weighted by Gasteiger charge is 2.28. The molecular weight excluding hydrogens is 376 g/mol. The molecule has 2 aromatic carbocycles. The average molecular weight is 415 g/mol. The van der Waals surface area contributed by atoms with Crippen molar-refractivity contribution in [2.24, 2.45) is 0 Å². The number of allylic oxidation sites excluding steroid dienone is 2. The fourth-order valence-electron chi connectivity index (χ4n) is 4.30. The maximum Gasteiger partial charge on any atom is 0.210 e. The van der Waals surface area contributed by atoms with Gasteiger partial charge in [0.1, 0.15) is 0 Å². The molecule has 0 radical (unpaired) electrons. The van der Waals surface area contributed by atoms with E-state index in [-0.39, 0.29) is 0 Å². The third-order valence-corrected chi connectivity index (χ3v) is 6.19. The Morgan fingerprint density at radius 3 is 2.06 bits per heavy atom. The number of nitrogens with zero attached hydrogens (tertiary/aromatic N) is 2. The van der Waals surface area contributed by atoms with E-state index < -0.39 is 0 Å². The summed E-state index contributed by atoms with van der Waals surface area (Å²) in [5, 5.41) is 0. The minimum absolute atomic E-state index is 0.895. The first kappa shape index (κ1) is 23.2. The predicted octanol–water partition coefficient (Wildman–Crippen LogP) is 8.75. The zero-order chi connectivity index (χ0) is 22.1. The summed E-state index contributed by atoms with van der Waals surface area (Å²) in [4.78, 5) is 0. The van der Waals surface area contributed by atoms with Crippen LogP contribution in [0.3, 0.4) is 0 Å². The van der Waals surface area contributed by atoms with E-state index in [1.54, 1.807) is 0 Å². The smallest absolute Gasteiger partial charge is 0.210 e. The number of hydrogen-bond donors (Lipinski definition) is 0. The topological polar surface area (TPSA) is 25.3 Å². The lowest BCUT2D eigenvalue weighted by Gasteiger charge is -2.11. The van der Waals surface area contributed by atoms with Crippen LogP contribution >= 0.6 is 0 Å². The Balaban J connectivity index is 1.85. The van der Waals surface area contributed by atoms with Gasteiger partial charge < -0.3 is 5.53 Å². The monoisotopic (exact) mass is 414 g/mol. The first-order chi connectivity index (χ1) is 15.2. The van der Waals surface area contributed by atoms with Crippen LogP contribution in [0.2, 0.25) is 0 Å². The molecule has 1 heterocycles. The maximum absolute atomic E-state index is 11.2. The van der Waals surface area contributed by atoms with Crippen molar-refractivity contribution >= 4 is 11.4 Å². The van der Waals surface area contributed by atoms with E-state index in [2.05, 4.69) is 75.4 Å². The molecule has 0 saturated carbocycles. The van der Waals surface area contributed by atoms with Gasteiger partial charge in [-0.3, -0.25) is 0 Å². The van der Waals surface area contributed by atoms with E-state index in [1.807, 2.05) is 0 Å². The number of rotatable bonds is 12. The summed E-state index contributed by atoms with van der Waals surface area (Å²) in [6, 6.07) is 17.5. The molecule has 0 aromatic heterocycles. The van der Waals surface area contributed by atoms with Crippen molar-refractivity contribution in [3.63, 3.8) is 0 Å². The molecule has 0 unspecified atom stereocenters. The molecular formula is C29H38N2. The highest BCUT2D eigenvalue weighted by Crippen LogP contribution is 2.37. The summed E-state index contributed by atoms with van der Waals surface area (Å²) in [5.41, 5.74) is 19.2. The van der Waals surface area contributed by atoms with Crippen LogP contribution in [-0.2, 0) is 12.8 Å². The van der Waals surface area contributed by atoms with Gasteiger partial charge >= 0.3 is 0 Å². The molecule has 1 aliphatic heterocycles. The number of aryl methyl sites for hydroxylation is 2. The lowest BCUT2D eigenvalue weighted by molar-refractivity contribution is -0.344. The Morgan fingerprint density at radius 2 is 1.35 bits per heavy atom. The Labute approximate surface area is 189 Å². The van der Waals surface area contributed by atoms with Crippen molar-refractivity contribution < 1.29 is 4.70 Å². The highest BCUT2D eigenvalue weighted by atomic mass is 15.2. The summed E-state index contributed by atoms with van der Waals surface area (Å²) in [6.07, 6.45) is 13.8. The van der Waals surface area contributed by atoms with Gasteiger partial charge in [0.15, 0.2) is 0 Å². The predicted molar refractivity (Wildman–Crippen MR) is 133 cm³/mol. The van der Waals surface area contributed by atoms with Gasteiger partial charge in [-0.1, -0.05) is 70.7 Å². The second-order valence-corrected chi connectivity index (χ2v) is 8.78. The van der Waals surface area contributed by atoms with E-state index >= 15 is 0 Å². The molecule has 0 fully saturated rings. The lowest BCUT2D eigenvalue weighted by Crippen LogP contribution is -2.03. The van der Waals surface area contributed by atoms with E-state index in [9.17, 15) is 5.53 Å². The van der Waals surface area contributed by atoms with Crippen LogP contribution in [0.1, 0.15) is 94.4 Å². The Hall–Kier alpha value is -2.48. The molecule has 0 N–H and O–H groups in total. The van der Waals surface area contributed by atoms with Crippen LogP contribution in [-0.4, -0.2) is 4.70 Å². The molecule has 164 valence electrons. The van der Waals surface area contributed by atoms with Crippen LogP contribution in [0.15, 0.2) is 60.2 Å². The van der Waals surface area contributed by atoms with E-state index in [4.69, 9.17) is 0 Å². The van der Waals surface area contributed by atoms with Gasteiger partial charge in [-0.25, -0.2) is 4.70 Å². The van der Waals surface area contributed by atoms with E-state index in [0.717, 1.165) is 54.6 Å². The Bertz CT molecular complexity index is 931. The normalized spacial score (nSPS) is 13.8. The van der Waals surface area contributed by atoms with Crippen molar-refractivity contribution in [1.29, 1.82) is 0 Å². The fraction of sp³-hybridized carbons (Fsp3) is 0.448. The van der Waals surface area contributed by atoms with Crippen LogP contribution < -0.4 is 0 Å². The first-order valence-corrected chi connectivity index (χ1v) is 12.3. The Morgan fingerprint density at radius 1 is 0.677 bits per heavy atom. The minimum Gasteiger partial charge on any atom is -0.493 e. The molecule has 0 atom stereocenters. The SMILES string of the molecule is CCCCCc1ccc(C2=C(CCCC)C=C(c3cccc(CCCC)c3)[N+]2=[N-])cc1. The number of hydrogen-bond acceptors (Lipinski definition) is 0.